The van der Waals surface area contributed by atoms with Crippen LogP contribution in [0.3, 0.4) is 0 Å². The molecule has 0 amide bonds. The van der Waals surface area contributed by atoms with Crippen molar-refractivity contribution in [1.29, 1.82) is 0 Å². The lowest BCUT2D eigenvalue weighted by molar-refractivity contribution is 0.161. The van der Waals surface area contributed by atoms with Gasteiger partial charge in [0.15, 0.2) is 0 Å². The van der Waals surface area contributed by atoms with Crippen molar-refractivity contribution in [3.05, 3.63) is 34.7 Å². The predicted octanol–water partition coefficient (Wildman–Crippen LogP) is 1.95. The molecule has 1 atom stereocenters. The zero-order chi connectivity index (χ0) is 15.3. The summed E-state index contributed by atoms with van der Waals surface area (Å²) in [4.78, 5) is 14.2. The Bertz CT molecular complexity index is 489. The summed E-state index contributed by atoms with van der Waals surface area (Å²) < 4.78 is 1.80. The molecule has 4 heteroatoms. The Labute approximate surface area is 128 Å². The molecular weight excluding hydrogens is 262 g/mol. The molecule has 1 saturated heterocycles. The molecule has 1 aromatic rings. The third kappa shape index (κ3) is 5.64. The van der Waals surface area contributed by atoms with E-state index in [1.54, 1.807) is 16.7 Å². The molecule has 1 N–H and O–H groups in total. The van der Waals surface area contributed by atoms with E-state index in [1.165, 1.54) is 12.8 Å². The molecule has 0 saturated carbocycles. The molecule has 2 rings (SSSR count). The average Bonchev–Trinajstić information content (AvgIpc) is 2.44. The van der Waals surface area contributed by atoms with Crippen molar-refractivity contribution >= 4 is 0 Å². The zero-order valence-electron chi connectivity index (χ0n) is 13.6. The molecule has 0 radical (unpaired) electrons. The molecule has 1 aromatic heterocycles. The van der Waals surface area contributed by atoms with Crippen molar-refractivity contribution in [3.8, 4) is 0 Å². The van der Waals surface area contributed by atoms with Gasteiger partial charge < -0.3 is 14.8 Å². The summed E-state index contributed by atoms with van der Waals surface area (Å²) in [6, 6.07) is 5.36. The highest BCUT2D eigenvalue weighted by atomic mass is 16.1. The Balaban J connectivity index is 1.79. The Morgan fingerprint density at radius 2 is 2.10 bits per heavy atom. The molecule has 118 valence electrons. The number of nitrogens with zero attached hydrogens (tertiary/aromatic N) is 2. The summed E-state index contributed by atoms with van der Waals surface area (Å²) in [6.45, 7) is 11.8. The second-order valence-corrected chi connectivity index (χ2v) is 7.17. The van der Waals surface area contributed by atoms with E-state index in [9.17, 15) is 4.79 Å². The van der Waals surface area contributed by atoms with Crippen molar-refractivity contribution in [2.75, 3.05) is 26.2 Å². The lowest BCUT2D eigenvalue weighted by atomic mass is 9.96. The number of hydrogen-bond donors (Lipinski definition) is 1. The summed E-state index contributed by atoms with van der Waals surface area (Å²) in [6.07, 6.45) is 4.45. The minimum absolute atomic E-state index is 0.0976. The molecule has 1 unspecified atom stereocenters. The van der Waals surface area contributed by atoms with Gasteiger partial charge in [0.1, 0.15) is 0 Å². The molecule has 0 spiro atoms. The van der Waals surface area contributed by atoms with Crippen LogP contribution in [-0.4, -0.2) is 41.2 Å². The van der Waals surface area contributed by atoms with Gasteiger partial charge in [0.05, 0.1) is 0 Å². The first-order valence-corrected chi connectivity index (χ1v) is 8.07. The van der Waals surface area contributed by atoms with Crippen molar-refractivity contribution < 1.29 is 0 Å². The number of piperidine rings is 1. The maximum atomic E-state index is 11.7. The topological polar surface area (TPSA) is 37.3 Å². The van der Waals surface area contributed by atoms with Gasteiger partial charge in [-0.25, -0.2) is 0 Å². The molecule has 2 heterocycles. The van der Waals surface area contributed by atoms with Crippen molar-refractivity contribution in [2.45, 2.75) is 45.7 Å². The maximum Gasteiger partial charge on any atom is 0.250 e. The summed E-state index contributed by atoms with van der Waals surface area (Å²) in [5.74, 6) is 0.727. The largest absolute Gasteiger partial charge is 0.314 e. The van der Waals surface area contributed by atoms with Gasteiger partial charge in [0.2, 0.25) is 0 Å². The van der Waals surface area contributed by atoms with E-state index < -0.39 is 0 Å². The van der Waals surface area contributed by atoms with Crippen LogP contribution in [0.1, 0.15) is 33.6 Å². The Kier molecular flexibility index (Phi) is 5.59. The summed E-state index contributed by atoms with van der Waals surface area (Å²) >= 11 is 0. The number of rotatable bonds is 5. The van der Waals surface area contributed by atoms with Crippen LogP contribution >= 0.6 is 0 Å². The molecular formula is C17H29N3O. The Morgan fingerprint density at radius 1 is 1.29 bits per heavy atom. The highest BCUT2D eigenvalue weighted by Gasteiger charge is 2.21. The molecule has 4 nitrogen and oxygen atoms in total. The zero-order valence-corrected chi connectivity index (χ0v) is 13.6. The number of nitrogens with one attached hydrogen (secondary N) is 1. The van der Waals surface area contributed by atoms with Gasteiger partial charge in [0.25, 0.3) is 5.56 Å². The van der Waals surface area contributed by atoms with Crippen LogP contribution < -0.4 is 10.9 Å². The second-order valence-electron chi connectivity index (χ2n) is 7.17. The molecule has 1 aliphatic rings. The lowest BCUT2D eigenvalue weighted by Crippen LogP contribution is -2.45. The highest BCUT2D eigenvalue weighted by molar-refractivity contribution is 4.93. The highest BCUT2D eigenvalue weighted by Crippen LogP contribution is 2.16. The number of aromatic nitrogens is 1. The standard InChI is InChI=1S/C17H29N3O/c1-17(2,3)18-13-15-7-6-9-19(14-15)11-12-20-10-5-4-8-16(20)21/h4-5,8,10,15,18H,6-7,9,11-14H2,1-3H3. The van der Waals surface area contributed by atoms with Crippen LogP contribution in [0.4, 0.5) is 0 Å². The number of pyridine rings is 1. The van der Waals surface area contributed by atoms with Gasteiger partial charge >= 0.3 is 0 Å². The normalized spacial score (nSPS) is 20.6. The second kappa shape index (κ2) is 7.23. The molecule has 0 aliphatic carbocycles. The van der Waals surface area contributed by atoms with Crippen LogP contribution in [0.15, 0.2) is 29.2 Å². The van der Waals surface area contributed by atoms with E-state index in [2.05, 4.69) is 31.0 Å². The molecule has 1 aliphatic heterocycles. The lowest BCUT2D eigenvalue weighted by Gasteiger charge is -2.34. The minimum atomic E-state index is 0.0976. The van der Waals surface area contributed by atoms with Crippen LogP contribution in [0.5, 0.6) is 0 Å². The van der Waals surface area contributed by atoms with Crippen LogP contribution in [0.25, 0.3) is 0 Å². The first-order valence-electron chi connectivity index (χ1n) is 8.07. The fourth-order valence-electron chi connectivity index (χ4n) is 2.87. The summed E-state index contributed by atoms with van der Waals surface area (Å²) in [5, 5.41) is 3.61. The van der Waals surface area contributed by atoms with Crippen molar-refractivity contribution in [1.82, 2.24) is 14.8 Å². The molecule has 0 bridgehead atoms. The first kappa shape index (κ1) is 16.2. The molecule has 0 aromatic carbocycles. The quantitative estimate of drug-likeness (QED) is 0.901. The summed E-state index contributed by atoms with van der Waals surface area (Å²) in [7, 11) is 0. The Hall–Kier alpha value is -1.13. The average molecular weight is 291 g/mol. The monoisotopic (exact) mass is 291 g/mol. The van der Waals surface area contributed by atoms with Gasteiger partial charge in [-0.3, -0.25) is 4.79 Å². The fourth-order valence-corrected chi connectivity index (χ4v) is 2.87. The van der Waals surface area contributed by atoms with E-state index >= 15 is 0 Å². The summed E-state index contributed by atoms with van der Waals surface area (Å²) in [5.41, 5.74) is 0.292. The van der Waals surface area contributed by atoms with Gasteiger partial charge in [-0.2, -0.15) is 0 Å². The smallest absolute Gasteiger partial charge is 0.250 e. The fraction of sp³-hybridized carbons (Fsp3) is 0.706. The van der Waals surface area contributed by atoms with E-state index in [0.29, 0.717) is 0 Å². The predicted molar refractivity (Wildman–Crippen MR) is 87.6 cm³/mol. The third-order valence-electron chi connectivity index (χ3n) is 4.08. The molecule has 1 fully saturated rings. The first-order chi connectivity index (χ1) is 9.94. The third-order valence-corrected chi connectivity index (χ3v) is 4.08. The van der Waals surface area contributed by atoms with E-state index in [4.69, 9.17) is 0 Å². The number of hydrogen-bond acceptors (Lipinski definition) is 3. The van der Waals surface area contributed by atoms with Crippen LogP contribution in [0.2, 0.25) is 0 Å². The van der Waals surface area contributed by atoms with Gasteiger partial charge in [-0.05, 0) is 58.7 Å². The number of likely N-dealkylation sites (tertiary alicyclic amines) is 1. The van der Waals surface area contributed by atoms with Gasteiger partial charge in [-0.1, -0.05) is 6.07 Å². The minimum Gasteiger partial charge on any atom is -0.314 e. The van der Waals surface area contributed by atoms with E-state index in [0.717, 1.165) is 38.6 Å². The van der Waals surface area contributed by atoms with Gasteiger partial charge in [0, 0.05) is 37.4 Å². The van der Waals surface area contributed by atoms with E-state index in [1.807, 2.05) is 12.3 Å². The Morgan fingerprint density at radius 3 is 2.81 bits per heavy atom. The molecule has 21 heavy (non-hydrogen) atoms. The van der Waals surface area contributed by atoms with Crippen LogP contribution in [0, 0.1) is 5.92 Å². The van der Waals surface area contributed by atoms with E-state index in [-0.39, 0.29) is 11.1 Å². The van der Waals surface area contributed by atoms with Crippen molar-refractivity contribution in [2.24, 2.45) is 5.92 Å². The SMILES string of the molecule is CC(C)(C)NCC1CCCN(CCn2ccccc2=O)C1. The maximum absolute atomic E-state index is 11.7. The van der Waals surface area contributed by atoms with Crippen LogP contribution in [-0.2, 0) is 6.54 Å². The van der Waals surface area contributed by atoms with Crippen molar-refractivity contribution in [3.63, 3.8) is 0 Å². The van der Waals surface area contributed by atoms with Gasteiger partial charge in [-0.15, -0.1) is 0 Å².